The van der Waals surface area contributed by atoms with E-state index in [0.29, 0.717) is 12.1 Å². The summed E-state index contributed by atoms with van der Waals surface area (Å²) in [5, 5.41) is 0. The second kappa shape index (κ2) is 5.49. The Morgan fingerprint density at radius 2 is 1.40 bits per heavy atom. The van der Waals surface area contributed by atoms with Crippen LogP contribution in [0.5, 0.6) is 0 Å². The van der Waals surface area contributed by atoms with Crippen molar-refractivity contribution in [2.75, 3.05) is 0 Å². The van der Waals surface area contributed by atoms with E-state index in [1.807, 2.05) is 0 Å². The molecule has 0 aliphatic carbocycles. The molecule has 0 bridgehead atoms. The Hall–Kier alpha value is -1.47. The number of benzene rings is 2. The first-order chi connectivity index (χ1) is 9.32. The quantitative estimate of drug-likeness (QED) is 0.637. The normalized spacial score (nSPS) is 12.6. The van der Waals surface area contributed by atoms with Gasteiger partial charge in [-0.05, 0) is 28.1 Å². The van der Waals surface area contributed by atoms with Gasteiger partial charge in [-0.3, -0.25) is 0 Å². The van der Waals surface area contributed by atoms with Crippen molar-refractivity contribution < 1.29 is 22.0 Å². The molecule has 1 unspecified atom stereocenters. The Morgan fingerprint density at radius 1 is 0.850 bits per heavy atom. The molecule has 1 atom stereocenters. The monoisotopic (exact) mass is 351 g/mol. The molecule has 0 amide bonds. The minimum atomic E-state index is -1.74. The van der Waals surface area contributed by atoms with Crippen LogP contribution in [0.25, 0.3) is 0 Å². The minimum absolute atomic E-state index is 0.104. The molecule has 0 radical (unpaired) electrons. The number of hydrogen-bond acceptors (Lipinski definition) is 1. The topological polar surface area (TPSA) is 26.0 Å². The van der Waals surface area contributed by atoms with Crippen molar-refractivity contribution in [1.82, 2.24) is 0 Å². The van der Waals surface area contributed by atoms with E-state index in [1.54, 1.807) is 0 Å². The number of nitrogens with two attached hydrogens (primary N) is 1. The van der Waals surface area contributed by atoms with Gasteiger partial charge in [-0.2, -0.15) is 0 Å². The minimum Gasteiger partial charge on any atom is -0.320 e. The Labute approximate surface area is 119 Å². The number of hydrogen-bond donors (Lipinski definition) is 1. The third-order valence-electron chi connectivity index (χ3n) is 2.75. The summed E-state index contributed by atoms with van der Waals surface area (Å²) in [5.74, 6) is -5.89. The number of rotatable bonds is 2. The highest BCUT2D eigenvalue weighted by atomic mass is 79.9. The zero-order valence-electron chi connectivity index (χ0n) is 9.73. The number of halogens is 6. The van der Waals surface area contributed by atoms with E-state index in [-0.39, 0.29) is 4.47 Å². The maximum Gasteiger partial charge on any atom is 0.145 e. The van der Waals surface area contributed by atoms with E-state index >= 15 is 0 Å². The zero-order chi connectivity index (χ0) is 15.0. The molecule has 20 heavy (non-hydrogen) atoms. The van der Waals surface area contributed by atoms with Crippen molar-refractivity contribution in [3.63, 3.8) is 0 Å². The third kappa shape index (κ3) is 2.55. The third-order valence-corrected chi connectivity index (χ3v) is 3.36. The second-order valence-electron chi connectivity index (χ2n) is 4.02. The maximum absolute atomic E-state index is 13.9. The van der Waals surface area contributed by atoms with Crippen LogP contribution in [0.4, 0.5) is 22.0 Å². The van der Waals surface area contributed by atoms with Gasteiger partial charge in [-0.1, -0.05) is 0 Å². The molecule has 0 aliphatic heterocycles. The fraction of sp³-hybridized carbons (Fsp3) is 0.0769. The molecule has 106 valence electrons. The summed E-state index contributed by atoms with van der Waals surface area (Å²) in [6.07, 6.45) is 0. The second-order valence-corrected chi connectivity index (χ2v) is 4.87. The van der Waals surface area contributed by atoms with Gasteiger partial charge < -0.3 is 5.73 Å². The van der Waals surface area contributed by atoms with Gasteiger partial charge in [0, 0.05) is 23.3 Å². The van der Waals surface area contributed by atoms with Crippen LogP contribution in [0, 0.1) is 29.1 Å². The predicted molar refractivity (Wildman–Crippen MR) is 66.4 cm³/mol. The average molecular weight is 352 g/mol. The summed E-state index contributed by atoms with van der Waals surface area (Å²) in [6, 6.07) is 1.05. The molecule has 0 heterocycles. The summed E-state index contributed by atoms with van der Waals surface area (Å²) in [6.45, 7) is 0. The lowest BCUT2D eigenvalue weighted by Crippen LogP contribution is -2.19. The lowest BCUT2D eigenvalue weighted by Gasteiger charge is -2.16. The van der Waals surface area contributed by atoms with E-state index < -0.39 is 46.3 Å². The highest BCUT2D eigenvalue weighted by Gasteiger charge is 2.26. The standard InChI is InChI=1S/C13H7BrF5N/c14-6-1-2-7(16)11(12(6)19)13(20)10-8(17)3-5(15)4-9(10)18/h1-4,13H,20H2. The molecular weight excluding hydrogens is 345 g/mol. The van der Waals surface area contributed by atoms with Crippen molar-refractivity contribution in [2.24, 2.45) is 5.73 Å². The van der Waals surface area contributed by atoms with Gasteiger partial charge in [0.15, 0.2) is 0 Å². The summed E-state index contributed by atoms with van der Waals surface area (Å²) in [5.41, 5.74) is 4.03. The van der Waals surface area contributed by atoms with Gasteiger partial charge in [0.2, 0.25) is 0 Å². The van der Waals surface area contributed by atoms with Crippen LogP contribution in [0.1, 0.15) is 17.2 Å². The van der Waals surface area contributed by atoms with Crippen LogP contribution in [0.2, 0.25) is 0 Å². The van der Waals surface area contributed by atoms with Crippen LogP contribution in [0.3, 0.4) is 0 Å². The SMILES string of the molecule is NC(c1c(F)cc(F)cc1F)c1c(F)ccc(Br)c1F. The van der Waals surface area contributed by atoms with Gasteiger partial charge in [0.1, 0.15) is 29.1 Å². The summed E-state index contributed by atoms with van der Waals surface area (Å²) < 4.78 is 67.4. The van der Waals surface area contributed by atoms with E-state index in [4.69, 9.17) is 5.73 Å². The Kier molecular flexibility index (Phi) is 4.10. The van der Waals surface area contributed by atoms with Crippen LogP contribution < -0.4 is 5.73 Å². The molecule has 2 rings (SSSR count). The molecule has 0 aromatic heterocycles. The molecule has 0 aliphatic rings. The van der Waals surface area contributed by atoms with Crippen LogP contribution >= 0.6 is 15.9 Å². The van der Waals surface area contributed by atoms with E-state index in [0.717, 1.165) is 12.1 Å². The molecule has 7 heteroatoms. The fourth-order valence-electron chi connectivity index (χ4n) is 1.82. The van der Waals surface area contributed by atoms with Crippen molar-refractivity contribution in [2.45, 2.75) is 6.04 Å². The van der Waals surface area contributed by atoms with E-state index in [2.05, 4.69) is 15.9 Å². The van der Waals surface area contributed by atoms with E-state index in [1.165, 1.54) is 0 Å². The first-order valence-electron chi connectivity index (χ1n) is 5.36. The highest BCUT2D eigenvalue weighted by Crippen LogP contribution is 2.31. The van der Waals surface area contributed by atoms with E-state index in [9.17, 15) is 22.0 Å². The smallest absolute Gasteiger partial charge is 0.145 e. The molecule has 0 saturated carbocycles. The largest absolute Gasteiger partial charge is 0.320 e. The molecular formula is C13H7BrF5N. The zero-order valence-corrected chi connectivity index (χ0v) is 11.3. The molecule has 2 aromatic carbocycles. The van der Waals surface area contributed by atoms with Crippen molar-refractivity contribution >= 4 is 15.9 Å². The Balaban J connectivity index is 2.64. The van der Waals surface area contributed by atoms with Crippen molar-refractivity contribution in [1.29, 1.82) is 0 Å². The Morgan fingerprint density at radius 3 is 1.95 bits per heavy atom. The average Bonchev–Trinajstić information content (AvgIpc) is 2.33. The van der Waals surface area contributed by atoms with Gasteiger partial charge in [0.25, 0.3) is 0 Å². The maximum atomic E-state index is 13.9. The lowest BCUT2D eigenvalue weighted by atomic mass is 9.97. The van der Waals surface area contributed by atoms with Crippen LogP contribution in [-0.2, 0) is 0 Å². The summed E-state index contributed by atoms with van der Waals surface area (Å²) in [4.78, 5) is 0. The molecule has 2 aromatic rings. The molecule has 0 spiro atoms. The summed E-state index contributed by atoms with van der Waals surface area (Å²) in [7, 11) is 0. The fourth-order valence-corrected chi connectivity index (χ4v) is 2.17. The first-order valence-corrected chi connectivity index (χ1v) is 6.15. The van der Waals surface area contributed by atoms with Crippen LogP contribution in [-0.4, -0.2) is 0 Å². The van der Waals surface area contributed by atoms with Gasteiger partial charge in [0.05, 0.1) is 10.5 Å². The van der Waals surface area contributed by atoms with Crippen molar-refractivity contribution in [3.05, 3.63) is 69.0 Å². The predicted octanol–water partition coefficient (Wildman–Crippen LogP) is 4.19. The molecule has 0 fully saturated rings. The lowest BCUT2D eigenvalue weighted by molar-refractivity contribution is 0.495. The molecule has 0 saturated heterocycles. The van der Waals surface area contributed by atoms with Crippen LogP contribution in [0.15, 0.2) is 28.7 Å². The van der Waals surface area contributed by atoms with Gasteiger partial charge in [-0.15, -0.1) is 0 Å². The highest BCUT2D eigenvalue weighted by molar-refractivity contribution is 9.10. The Bertz CT molecular complexity index is 651. The molecule has 1 nitrogen and oxygen atoms in total. The molecule has 2 N–H and O–H groups in total. The first kappa shape index (κ1) is 14.9. The van der Waals surface area contributed by atoms with Gasteiger partial charge in [-0.25, -0.2) is 22.0 Å². The summed E-state index contributed by atoms with van der Waals surface area (Å²) >= 11 is 2.82. The van der Waals surface area contributed by atoms with Crippen molar-refractivity contribution in [3.8, 4) is 0 Å². The van der Waals surface area contributed by atoms with Gasteiger partial charge >= 0.3 is 0 Å².